The number of halogens is 1. The highest BCUT2D eigenvalue weighted by atomic mass is 35.7. The van der Waals surface area contributed by atoms with Gasteiger partial charge >= 0.3 is 0 Å². The molecule has 2 rings (SSSR count). The van der Waals surface area contributed by atoms with Crippen LogP contribution in [0.25, 0.3) is 0 Å². The van der Waals surface area contributed by atoms with E-state index in [2.05, 4.69) is 5.32 Å². The van der Waals surface area contributed by atoms with Gasteiger partial charge in [-0.3, -0.25) is 4.79 Å². The first-order valence-electron chi connectivity index (χ1n) is 7.21. The minimum Gasteiger partial charge on any atom is -0.349 e. The Morgan fingerprint density at radius 2 is 2.10 bits per heavy atom. The largest absolute Gasteiger partial charge is 0.349 e. The summed E-state index contributed by atoms with van der Waals surface area (Å²) in [5.41, 5.74) is 1.21. The van der Waals surface area contributed by atoms with Gasteiger partial charge in [0, 0.05) is 22.3 Å². The van der Waals surface area contributed by atoms with Crippen LogP contribution in [0.3, 0.4) is 0 Å². The summed E-state index contributed by atoms with van der Waals surface area (Å²) in [5.74, 6) is 0.299. The maximum atomic E-state index is 12.4. The van der Waals surface area contributed by atoms with Crippen LogP contribution in [0.1, 0.15) is 49.0 Å². The van der Waals surface area contributed by atoms with E-state index in [1.807, 2.05) is 13.8 Å². The van der Waals surface area contributed by atoms with Crippen LogP contribution in [0.4, 0.5) is 0 Å². The highest BCUT2D eigenvalue weighted by Crippen LogP contribution is 2.29. The van der Waals surface area contributed by atoms with Gasteiger partial charge in [-0.05, 0) is 49.8 Å². The van der Waals surface area contributed by atoms with Crippen LogP contribution in [0.5, 0.6) is 0 Å². The number of benzene rings is 1. The van der Waals surface area contributed by atoms with Crippen LogP contribution in [0.15, 0.2) is 23.1 Å². The van der Waals surface area contributed by atoms with Crippen molar-refractivity contribution in [1.82, 2.24) is 5.32 Å². The summed E-state index contributed by atoms with van der Waals surface area (Å²) in [4.78, 5) is 12.4. The molecule has 1 unspecified atom stereocenters. The van der Waals surface area contributed by atoms with Crippen LogP contribution in [0, 0.1) is 5.92 Å². The lowest BCUT2D eigenvalue weighted by Crippen LogP contribution is -2.41. The zero-order valence-electron chi connectivity index (χ0n) is 12.2. The molecule has 0 bridgehead atoms. The third kappa shape index (κ3) is 3.77. The number of carbonyl (C=O) groups is 1. The third-order valence-electron chi connectivity index (χ3n) is 4.20. The average molecular weight is 330 g/mol. The molecule has 0 saturated heterocycles. The number of carbonyl (C=O) groups excluding carboxylic acids is 1. The molecule has 21 heavy (non-hydrogen) atoms. The van der Waals surface area contributed by atoms with Crippen molar-refractivity contribution in [2.24, 2.45) is 5.92 Å². The van der Waals surface area contributed by atoms with Gasteiger partial charge in [-0.15, -0.1) is 0 Å². The molecule has 1 amide bonds. The monoisotopic (exact) mass is 329 g/mol. The normalized spacial score (nSPS) is 17.1. The van der Waals surface area contributed by atoms with Crippen molar-refractivity contribution >= 4 is 25.6 Å². The smallest absolute Gasteiger partial charge is 0.261 e. The molecule has 4 nitrogen and oxygen atoms in total. The minimum absolute atomic E-state index is 0.0391. The van der Waals surface area contributed by atoms with E-state index in [0.717, 1.165) is 18.4 Å². The Kier molecular flexibility index (Phi) is 4.94. The molecular weight excluding hydrogens is 310 g/mol. The predicted octanol–water partition coefficient (Wildman–Crippen LogP) is 3.09. The molecule has 0 heterocycles. The molecule has 0 aliphatic heterocycles. The topological polar surface area (TPSA) is 63.2 Å². The zero-order chi connectivity index (χ0) is 15.6. The molecule has 0 radical (unpaired) electrons. The molecule has 1 fully saturated rings. The first kappa shape index (κ1) is 16.3. The lowest BCUT2D eigenvalue weighted by Gasteiger charge is -2.32. The third-order valence-corrected chi connectivity index (χ3v) is 5.56. The van der Waals surface area contributed by atoms with E-state index in [4.69, 9.17) is 10.7 Å². The van der Waals surface area contributed by atoms with E-state index in [1.165, 1.54) is 18.6 Å². The molecule has 0 spiro atoms. The van der Waals surface area contributed by atoms with Gasteiger partial charge in [-0.25, -0.2) is 8.42 Å². The Morgan fingerprint density at radius 1 is 1.43 bits per heavy atom. The lowest BCUT2D eigenvalue weighted by molar-refractivity contribution is 0.0908. The van der Waals surface area contributed by atoms with Crippen molar-refractivity contribution in [2.45, 2.75) is 50.5 Å². The van der Waals surface area contributed by atoms with Crippen LogP contribution < -0.4 is 5.32 Å². The Bertz CT molecular complexity index is 638. The summed E-state index contributed by atoms with van der Waals surface area (Å²) < 4.78 is 22.9. The van der Waals surface area contributed by atoms with E-state index in [9.17, 15) is 13.2 Å². The first-order valence-corrected chi connectivity index (χ1v) is 9.52. The van der Waals surface area contributed by atoms with Gasteiger partial charge in [0.05, 0.1) is 4.90 Å². The highest BCUT2D eigenvalue weighted by molar-refractivity contribution is 8.13. The Labute approximate surface area is 130 Å². The number of hydrogen-bond donors (Lipinski definition) is 1. The average Bonchev–Trinajstić information content (AvgIpc) is 2.34. The van der Waals surface area contributed by atoms with Crippen molar-refractivity contribution in [3.8, 4) is 0 Å². The standard InChI is InChI=1S/C15H20ClNO3S/c1-3-11-7-8-13(21(16,19)20)9-14(11)15(18)17-10(2)12-5-4-6-12/h7-10,12H,3-6H2,1-2H3,(H,17,18). The first-order chi connectivity index (χ1) is 9.82. The number of hydrogen-bond acceptors (Lipinski definition) is 3. The molecule has 1 aliphatic rings. The molecule has 1 atom stereocenters. The number of amides is 1. The second-order valence-electron chi connectivity index (χ2n) is 5.56. The van der Waals surface area contributed by atoms with Gasteiger partial charge in [0.1, 0.15) is 0 Å². The second kappa shape index (κ2) is 6.36. The van der Waals surface area contributed by atoms with Gasteiger partial charge < -0.3 is 5.32 Å². The minimum atomic E-state index is -3.83. The highest BCUT2D eigenvalue weighted by Gasteiger charge is 2.26. The van der Waals surface area contributed by atoms with Gasteiger partial charge in [0.2, 0.25) is 0 Å². The summed E-state index contributed by atoms with van der Waals surface area (Å²) >= 11 is 0. The van der Waals surface area contributed by atoms with E-state index in [0.29, 0.717) is 17.9 Å². The Hall–Kier alpha value is -1.07. The second-order valence-corrected chi connectivity index (χ2v) is 8.13. The lowest BCUT2D eigenvalue weighted by atomic mass is 9.80. The number of nitrogens with one attached hydrogen (secondary N) is 1. The van der Waals surface area contributed by atoms with Crippen molar-refractivity contribution in [3.05, 3.63) is 29.3 Å². The maximum absolute atomic E-state index is 12.4. The van der Waals surface area contributed by atoms with Gasteiger partial charge in [0.25, 0.3) is 15.0 Å². The van der Waals surface area contributed by atoms with Crippen molar-refractivity contribution < 1.29 is 13.2 Å². The van der Waals surface area contributed by atoms with Crippen molar-refractivity contribution in [1.29, 1.82) is 0 Å². The quantitative estimate of drug-likeness (QED) is 0.844. The fourth-order valence-corrected chi connectivity index (χ4v) is 3.35. The predicted molar refractivity (Wildman–Crippen MR) is 83.1 cm³/mol. The molecule has 1 saturated carbocycles. The number of rotatable bonds is 5. The van der Waals surface area contributed by atoms with E-state index in [1.54, 1.807) is 6.07 Å². The summed E-state index contributed by atoms with van der Waals surface area (Å²) in [5, 5.41) is 2.97. The van der Waals surface area contributed by atoms with Gasteiger partial charge in [-0.2, -0.15) is 0 Å². The van der Waals surface area contributed by atoms with Gasteiger partial charge in [0.15, 0.2) is 0 Å². The molecule has 0 aromatic heterocycles. The molecule has 6 heteroatoms. The number of aryl methyl sites for hydroxylation is 1. The fourth-order valence-electron chi connectivity index (χ4n) is 2.57. The summed E-state index contributed by atoms with van der Waals surface area (Å²) in [6, 6.07) is 4.56. The van der Waals surface area contributed by atoms with Crippen LogP contribution in [0.2, 0.25) is 0 Å². The molecule has 1 aliphatic carbocycles. The zero-order valence-corrected chi connectivity index (χ0v) is 13.8. The summed E-state index contributed by atoms with van der Waals surface area (Å²) in [6.07, 6.45) is 4.14. The van der Waals surface area contributed by atoms with E-state index in [-0.39, 0.29) is 16.8 Å². The molecule has 1 aromatic carbocycles. The van der Waals surface area contributed by atoms with Crippen molar-refractivity contribution in [3.63, 3.8) is 0 Å². The maximum Gasteiger partial charge on any atom is 0.261 e. The molecule has 1 aromatic rings. The fraction of sp³-hybridized carbons (Fsp3) is 0.533. The summed E-state index contributed by atoms with van der Waals surface area (Å²) in [7, 11) is 1.53. The Balaban J connectivity index is 2.25. The van der Waals surface area contributed by atoms with E-state index >= 15 is 0 Å². The van der Waals surface area contributed by atoms with Crippen molar-refractivity contribution in [2.75, 3.05) is 0 Å². The van der Waals surface area contributed by atoms with Crippen LogP contribution in [-0.2, 0) is 15.5 Å². The summed E-state index contributed by atoms with van der Waals surface area (Å²) in [6.45, 7) is 3.92. The van der Waals surface area contributed by atoms with Crippen LogP contribution in [-0.4, -0.2) is 20.4 Å². The van der Waals surface area contributed by atoms with Gasteiger partial charge in [-0.1, -0.05) is 19.4 Å². The van der Waals surface area contributed by atoms with Crippen LogP contribution >= 0.6 is 10.7 Å². The molecule has 116 valence electrons. The Morgan fingerprint density at radius 3 is 2.57 bits per heavy atom. The SMILES string of the molecule is CCc1ccc(S(=O)(=O)Cl)cc1C(=O)NC(C)C1CCC1. The molecule has 1 N–H and O–H groups in total. The van der Waals surface area contributed by atoms with E-state index < -0.39 is 9.05 Å². The molecular formula is C15H20ClNO3S.